The van der Waals surface area contributed by atoms with E-state index < -0.39 is 17.4 Å². The van der Waals surface area contributed by atoms with Gasteiger partial charge in [-0.25, -0.2) is 15.0 Å². The number of nitrogens with zero attached hydrogens (tertiary/aromatic N) is 3. The van der Waals surface area contributed by atoms with Crippen molar-refractivity contribution in [2.45, 2.75) is 84.1 Å². The van der Waals surface area contributed by atoms with Crippen LogP contribution in [-0.4, -0.2) is 68.9 Å². The van der Waals surface area contributed by atoms with Crippen LogP contribution in [0.25, 0.3) is 22.5 Å². The minimum atomic E-state index is -1.16. The lowest BCUT2D eigenvalue weighted by Gasteiger charge is -2.30. The van der Waals surface area contributed by atoms with Crippen LogP contribution in [0.1, 0.15) is 85.6 Å². The van der Waals surface area contributed by atoms with Crippen molar-refractivity contribution in [1.82, 2.24) is 30.6 Å². The Labute approximate surface area is 327 Å². The first-order valence-corrected chi connectivity index (χ1v) is 19.7. The number of aromatic nitrogens is 4. The number of rotatable bonds is 21. The number of ether oxygens (including phenoxy) is 1. The van der Waals surface area contributed by atoms with E-state index in [0.717, 1.165) is 52.2 Å². The van der Waals surface area contributed by atoms with Crippen LogP contribution in [0.2, 0.25) is 0 Å². The fraction of sp³-hybridized carbons (Fsp3) is 0.395. The Balaban J connectivity index is 1.26. The minimum absolute atomic E-state index is 0.0000423. The molecule has 0 bridgehead atoms. The number of thiophene rings is 1. The van der Waals surface area contributed by atoms with Gasteiger partial charge < -0.3 is 30.3 Å². The van der Waals surface area contributed by atoms with Gasteiger partial charge in [0.15, 0.2) is 5.82 Å². The molecule has 3 heterocycles. The summed E-state index contributed by atoms with van der Waals surface area (Å²) in [6, 6.07) is 18.3. The molecule has 2 aromatic carbocycles. The van der Waals surface area contributed by atoms with Crippen LogP contribution in [0.3, 0.4) is 0 Å². The maximum atomic E-state index is 13.3. The number of aromatic amines is 1. The minimum Gasteiger partial charge on any atom is -0.494 e. The summed E-state index contributed by atoms with van der Waals surface area (Å²) in [6.07, 6.45) is 13.9. The number of hydrogen-bond acceptors (Lipinski definition) is 9. The monoisotopic (exact) mass is 764 g/mol. The van der Waals surface area contributed by atoms with Gasteiger partial charge in [0.1, 0.15) is 18.1 Å². The smallest absolute Gasteiger partial charge is 0.321 e. The Morgan fingerprint density at radius 3 is 2.22 bits per heavy atom. The second-order valence-electron chi connectivity index (χ2n) is 15.1. The maximum absolute atomic E-state index is 13.3. The lowest BCUT2D eigenvalue weighted by atomic mass is 9.82. The highest BCUT2D eigenvalue weighted by Crippen LogP contribution is 2.30. The molecule has 0 aliphatic carbocycles. The van der Waals surface area contributed by atoms with Crippen LogP contribution in [0.15, 0.2) is 85.6 Å². The maximum Gasteiger partial charge on any atom is 0.321 e. The third kappa shape index (κ3) is 11.9. The van der Waals surface area contributed by atoms with E-state index in [-0.39, 0.29) is 37.3 Å². The largest absolute Gasteiger partial charge is 0.494 e. The van der Waals surface area contributed by atoms with E-state index in [0.29, 0.717) is 16.4 Å². The van der Waals surface area contributed by atoms with Crippen molar-refractivity contribution in [1.29, 1.82) is 0 Å². The molecule has 0 aliphatic rings. The number of benzene rings is 2. The van der Waals surface area contributed by atoms with Gasteiger partial charge in [-0.15, -0.1) is 11.3 Å². The zero-order valence-corrected chi connectivity index (χ0v) is 33.0. The molecule has 55 heavy (non-hydrogen) atoms. The van der Waals surface area contributed by atoms with Crippen molar-refractivity contribution < 1.29 is 24.2 Å². The van der Waals surface area contributed by atoms with Gasteiger partial charge in [0.2, 0.25) is 0 Å². The molecule has 1 amide bonds. The zero-order chi connectivity index (χ0) is 39.3. The lowest BCUT2D eigenvalue weighted by Crippen LogP contribution is -2.51. The number of carboxylic acid groups (broad SMARTS) is 1. The molecule has 0 unspecified atom stereocenters. The van der Waals surface area contributed by atoms with E-state index in [1.165, 1.54) is 43.3 Å². The summed E-state index contributed by atoms with van der Waals surface area (Å²) in [4.78, 5) is 56.3. The normalized spacial score (nSPS) is 13.2. The molecule has 5 rings (SSSR count). The van der Waals surface area contributed by atoms with Crippen LogP contribution in [0.4, 0.5) is 0 Å². The van der Waals surface area contributed by atoms with Gasteiger partial charge in [-0.05, 0) is 53.6 Å². The molecule has 3 aromatic heterocycles. The van der Waals surface area contributed by atoms with Gasteiger partial charge in [0, 0.05) is 59.8 Å². The molecule has 0 aliphatic heterocycles. The zero-order valence-electron chi connectivity index (χ0n) is 32.1. The quantitative estimate of drug-likeness (QED) is 0.0434. The van der Waals surface area contributed by atoms with Crippen LogP contribution in [0.5, 0.6) is 5.75 Å². The van der Waals surface area contributed by atoms with Gasteiger partial charge in [-0.3, -0.25) is 9.59 Å². The van der Waals surface area contributed by atoms with E-state index >= 15 is 0 Å². The van der Waals surface area contributed by atoms with Crippen molar-refractivity contribution in [3.05, 3.63) is 107 Å². The molecule has 0 fully saturated rings. The molecular weight excluding hydrogens is 713 g/mol. The Morgan fingerprint density at radius 1 is 0.891 bits per heavy atom. The number of carbonyl (C=O) groups is 3. The Kier molecular flexibility index (Phi) is 14.5. The van der Waals surface area contributed by atoms with Crippen molar-refractivity contribution >= 4 is 29.5 Å². The predicted octanol–water partition coefficient (Wildman–Crippen LogP) is 7.69. The highest BCUT2D eigenvalue weighted by atomic mass is 32.1. The summed E-state index contributed by atoms with van der Waals surface area (Å²) in [5.74, 6) is 0.0632. The average molecular weight is 765 g/mol. The van der Waals surface area contributed by atoms with E-state index in [9.17, 15) is 19.5 Å². The van der Waals surface area contributed by atoms with Crippen molar-refractivity contribution in [2.75, 3.05) is 19.7 Å². The number of hydrogen-bond donors (Lipinski definition) is 4. The second-order valence-corrected chi connectivity index (χ2v) is 16.2. The molecule has 0 saturated carbocycles. The number of aldehydes is 1. The van der Waals surface area contributed by atoms with Gasteiger partial charge in [-0.2, -0.15) is 0 Å². The molecule has 2 atom stereocenters. The average Bonchev–Trinajstić information content (AvgIpc) is 3.91. The summed E-state index contributed by atoms with van der Waals surface area (Å²) < 4.78 is 5.91. The predicted molar refractivity (Wildman–Crippen MR) is 216 cm³/mol. The first-order valence-electron chi connectivity index (χ1n) is 18.9. The van der Waals surface area contributed by atoms with Gasteiger partial charge >= 0.3 is 5.97 Å². The van der Waals surface area contributed by atoms with Crippen LogP contribution in [0, 0.1) is 5.41 Å². The second kappa shape index (κ2) is 19.4. The highest BCUT2D eigenvalue weighted by Gasteiger charge is 2.33. The molecule has 0 spiro atoms. The number of H-pyrrole nitrogens is 1. The number of amides is 1. The summed E-state index contributed by atoms with van der Waals surface area (Å²) in [7, 11) is 0. The molecule has 0 saturated heterocycles. The van der Waals surface area contributed by atoms with Gasteiger partial charge in [0.05, 0.1) is 23.2 Å². The molecule has 5 aromatic rings. The van der Waals surface area contributed by atoms with E-state index in [4.69, 9.17) is 4.74 Å². The standard InChI is InChI=1S/C43H52N6O5S/c1-5-6-7-8-9-20-54-35-16-14-31(15-17-35)33-23-45-39(46-24-33)32-12-10-30(11-13-32)22-43(28-50,26-47-36(41(52)53)21-34-25-44-29-49-34)27-48-40(51)37-18-19-38(55-37)42(2,3)4/h10-19,23-25,28-29,36,47H,5-9,20-22,26-27H2,1-4H3,(H,44,49)(H,48,51)(H,52,53)/t36-,43+/m0/s1. The number of imidazole rings is 1. The fourth-order valence-corrected chi connectivity index (χ4v) is 7.13. The summed E-state index contributed by atoms with van der Waals surface area (Å²) in [6.45, 7) is 9.21. The van der Waals surface area contributed by atoms with Crippen LogP contribution in [-0.2, 0) is 27.8 Å². The van der Waals surface area contributed by atoms with Crippen molar-refractivity contribution in [2.24, 2.45) is 5.41 Å². The van der Waals surface area contributed by atoms with Crippen LogP contribution >= 0.6 is 11.3 Å². The number of aliphatic carboxylic acids is 1. The highest BCUT2D eigenvalue weighted by molar-refractivity contribution is 7.14. The third-order valence-corrected chi connectivity index (χ3v) is 11.0. The lowest BCUT2D eigenvalue weighted by molar-refractivity contribution is -0.139. The van der Waals surface area contributed by atoms with Crippen molar-refractivity contribution in [3.63, 3.8) is 0 Å². The number of unbranched alkanes of at least 4 members (excludes halogenated alkanes) is 4. The Hall–Kier alpha value is -5.20. The summed E-state index contributed by atoms with van der Waals surface area (Å²) in [5.41, 5.74) is 2.91. The van der Waals surface area contributed by atoms with Gasteiger partial charge in [-0.1, -0.05) is 89.8 Å². The number of carbonyl (C=O) groups excluding carboxylic acids is 2. The summed E-state index contributed by atoms with van der Waals surface area (Å²) in [5, 5.41) is 16.0. The summed E-state index contributed by atoms with van der Waals surface area (Å²) >= 11 is 1.42. The third-order valence-electron chi connectivity index (χ3n) is 9.52. The van der Waals surface area contributed by atoms with Crippen molar-refractivity contribution in [3.8, 4) is 28.3 Å². The molecule has 4 N–H and O–H groups in total. The molecule has 11 nitrogen and oxygen atoms in total. The SMILES string of the molecule is CCCCCCCOc1ccc(-c2cnc(-c3ccc(C[C@](C=O)(CNC(=O)c4ccc(C(C)(C)C)s4)CN[C@@H](Cc4cnc[nH]4)C(=O)O)cc3)nc2)cc1. The fourth-order valence-electron chi connectivity index (χ4n) is 6.15. The Morgan fingerprint density at radius 2 is 1.60 bits per heavy atom. The van der Waals surface area contributed by atoms with E-state index in [1.807, 2.05) is 54.6 Å². The topological polar surface area (TPSA) is 159 Å². The first kappa shape index (κ1) is 41.0. The number of nitrogens with one attached hydrogen (secondary N) is 3. The van der Waals surface area contributed by atoms with Crippen LogP contribution < -0.4 is 15.4 Å². The number of carboxylic acids is 1. The first-order chi connectivity index (χ1) is 26.5. The molecular formula is C43H52N6O5S. The molecule has 0 radical (unpaired) electrons. The van der Waals surface area contributed by atoms with E-state index in [2.05, 4.69) is 58.3 Å². The van der Waals surface area contributed by atoms with E-state index in [1.54, 1.807) is 24.7 Å². The molecule has 290 valence electrons. The molecule has 12 heteroatoms. The Bertz CT molecular complexity index is 1950. The van der Waals surface area contributed by atoms with Gasteiger partial charge in [0.25, 0.3) is 5.91 Å².